The number of hydrogen-bond donors (Lipinski definition) is 0. The lowest BCUT2D eigenvalue weighted by Crippen LogP contribution is -2.45. The van der Waals surface area contributed by atoms with Gasteiger partial charge < -0.3 is 9.64 Å². The zero-order valence-corrected chi connectivity index (χ0v) is 19.1. The summed E-state index contributed by atoms with van der Waals surface area (Å²) in [5.41, 5.74) is 4.00. The first-order valence-corrected chi connectivity index (χ1v) is 12.3. The molecule has 5 rings (SSSR count). The van der Waals surface area contributed by atoms with Crippen LogP contribution in [0.1, 0.15) is 60.8 Å². The van der Waals surface area contributed by atoms with Crippen molar-refractivity contribution in [3.05, 3.63) is 108 Å². The van der Waals surface area contributed by atoms with Gasteiger partial charge in [-0.3, -0.25) is 0 Å². The minimum absolute atomic E-state index is 0.00668. The normalized spacial score (nSPS) is 25.3. The fourth-order valence-corrected chi connectivity index (χ4v) is 6.22. The summed E-state index contributed by atoms with van der Waals surface area (Å²) >= 11 is 0. The maximum atomic E-state index is 6.54. The molecular formula is C30H35NO. The van der Waals surface area contributed by atoms with Gasteiger partial charge in [0.05, 0.1) is 0 Å². The number of nitrogens with zero attached hydrogens (tertiary/aromatic N) is 1. The van der Waals surface area contributed by atoms with E-state index in [1.54, 1.807) is 0 Å². The number of benzene rings is 3. The molecular weight excluding hydrogens is 390 g/mol. The monoisotopic (exact) mass is 425 g/mol. The van der Waals surface area contributed by atoms with Gasteiger partial charge in [0.15, 0.2) is 0 Å². The van der Waals surface area contributed by atoms with Crippen molar-refractivity contribution in [2.24, 2.45) is 5.92 Å². The molecule has 0 aromatic heterocycles. The fourth-order valence-electron chi connectivity index (χ4n) is 6.22. The summed E-state index contributed by atoms with van der Waals surface area (Å²) in [7, 11) is 2.36. The van der Waals surface area contributed by atoms with Gasteiger partial charge in [0.25, 0.3) is 0 Å². The predicted molar refractivity (Wildman–Crippen MR) is 132 cm³/mol. The predicted octanol–water partition coefficient (Wildman–Crippen LogP) is 6.84. The summed E-state index contributed by atoms with van der Waals surface area (Å²) in [6.45, 7) is 0.798. The lowest BCUT2D eigenvalue weighted by Gasteiger charge is -2.43. The third-order valence-electron chi connectivity index (χ3n) is 7.83. The van der Waals surface area contributed by atoms with Gasteiger partial charge in [-0.15, -0.1) is 0 Å². The molecule has 0 amide bonds. The molecule has 0 aliphatic carbocycles. The van der Waals surface area contributed by atoms with Crippen LogP contribution in [0.15, 0.2) is 91.0 Å². The molecule has 2 aliphatic rings. The molecule has 0 N–H and O–H groups in total. The molecule has 0 saturated carbocycles. The van der Waals surface area contributed by atoms with Crippen molar-refractivity contribution >= 4 is 0 Å². The van der Waals surface area contributed by atoms with Crippen molar-refractivity contribution in [1.29, 1.82) is 0 Å². The molecule has 2 heteroatoms. The lowest BCUT2D eigenvalue weighted by atomic mass is 9.74. The van der Waals surface area contributed by atoms with Crippen LogP contribution in [0.5, 0.6) is 0 Å². The summed E-state index contributed by atoms with van der Waals surface area (Å²) in [4.78, 5) is 2.68. The second-order valence-electron chi connectivity index (χ2n) is 9.60. The average molecular weight is 426 g/mol. The molecule has 2 saturated heterocycles. The Morgan fingerprint density at radius 1 is 0.812 bits per heavy atom. The van der Waals surface area contributed by atoms with Crippen molar-refractivity contribution < 1.29 is 4.74 Å². The Morgan fingerprint density at radius 2 is 1.41 bits per heavy atom. The maximum absolute atomic E-state index is 6.54. The zero-order valence-electron chi connectivity index (χ0n) is 19.1. The van der Waals surface area contributed by atoms with Crippen molar-refractivity contribution in [3.8, 4) is 0 Å². The number of piperidine rings is 1. The Balaban J connectivity index is 1.26. The highest BCUT2D eigenvalue weighted by molar-refractivity contribution is 5.30. The maximum Gasteiger partial charge on any atom is 0.108 e. The van der Waals surface area contributed by atoms with E-state index in [-0.39, 0.29) is 6.10 Å². The van der Waals surface area contributed by atoms with E-state index in [1.807, 2.05) is 0 Å². The zero-order chi connectivity index (χ0) is 21.8. The average Bonchev–Trinajstić information content (AvgIpc) is 3.10. The molecule has 2 unspecified atom stereocenters. The van der Waals surface area contributed by atoms with Gasteiger partial charge in [-0.05, 0) is 67.7 Å². The van der Waals surface area contributed by atoms with Crippen LogP contribution in [0.3, 0.4) is 0 Å². The first-order valence-electron chi connectivity index (χ1n) is 12.3. The van der Waals surface area contributed by atoms with Crippen molar-refractivity contribution in [2.75, 3.05) is 13.7 Å². The minimum Gasteiger partial charge on any atom is -0.369 e. The van der Waals surface area contributed by atoms with Crippen LogP contribution in [0.25, 0.3) is 0 Å². The molecule has 2 bridgehead atoms. The molecule has 0 spiro atoms. The summed E-state index contributed by atoms with van der Waals surface area (Å²) in [6.07, 6.45) is 6.37. The molecule has 3 aromatic carbocycles. The number of hydrogen-bond acceptors (Lipinski definition) is 2. The van der Waals surface area contributed by atoms with Crippen molar-refractivity contribution in [3.63, 3.8) is 0 Å². The second-order valence-corrected chi connectivity index (χ2v) is 9.60. The van der Waals surface area contributed by atoms with E-state index in [0.717, 1.165) is 31.0 Å². The van der Waals surface area contributed by atoms with Crippen molar-refractivity contribution in [2.45, 2.75) is 56.2 Å². The molecule has 2 fully saturated rings. The SMILES string of the molecule is CN1[C@@H]2CC[C@H]1C(CCCOC(c1ccccc1)c1ccccc1)C(c1ccccc1)C2. The molecule has 4 atom stereocenters. The van der Waals surface area contributed by atoms with E-state index in [2.05, 4.69) is 103 Å². The highest BCUT2D eigenvalue weighted by atomic mass is 16.5. The minimum atomic E-state index is 0.00668. The van der Waals surface area contributed by atoms with Gasteiger partial charge in [-0.2, -0.15) is 0 Å². The Labute approximate surface area is 193 Å². The summed E-state index contributed by atoms with van der Waals surface area (Å²) < 4.78 is 6.54. The van der Waals surface area contributed by atoms with E-state index in [0.29, 0.717) is 5.92 Å². The van der Waals surface area contributed by atoms with Gasteiger partial charge in [0.1, 0.15) is 6.10 Å². The molecule has 3 aromatic rings. The Morgan fingerprint density at radius 3 is 2.03 bits per heavy atom. The number of ether oxygens (including phenoxy) is 1. The van der Waals surface area contributed by atoms with Crippen LogP contribution in [-0.4, -0.2) is 30.6 Å². The Hall–Kier alpha value is -2.42. The third-order valence-corrected chi connectivity index (χ3v) is 7.83. The molecule has 166 valence electrons. The largest absolute Gasteiger partial charge is 0.369 e. The third kappa shape index (κ3) is 4.53. The van der Waals surface area contributed by atoms with Gasteiger partial charge in [0, 0.05) is 18.7 Å². The summed E-state index contributed by atoms with van der Waals surface area (Å²) in [5.74, 6) is 1.40. The van der Waals surface area contributed by atoms with Crippen LogP contribution in [0.2, 0.25) is 0 Å². The lowest BCUT2D eigenvalue weighted by molar-refractivity contribution is 0.0576. The molecule has 32 heavy (non-hydrogen) atoms. The van der Waals surface area contributed by atoms with Crippen LogP contribution in [0.4, 0.5) is 0 Å². The van der Waals surface area contributed by atoms with E-state index >= 15 is 0 Å². The standard InChI is InChI=1S/C30H35NO/c1-31-26-19-20-29(31)27(28(22-26)23-12-5-2-6-13-23)18-11-21-32-30(24-14-7-3-8-15-24)25-16-9-4-10-17-25/h2-10,12-17,26-30H,11,18-22H2,1H3/t26-,27?,28?,29+/m1/s1. The van der Waals surface area contributed by atoms with E-state index in [1.165, 1.54) is 42.4 Å². The van der Waals surface area contributed by atoms with Crippen LogP contribution in [0, 0.1) is 5.92 Å². The van der Waals surface area contributed by atoms with Gasteiger partial charge >= 0.3 is 0 Å². The molecule has 0 radical (unpaired) electrons. The van der Waals surface area contributed by atoms with Gasteiger partial charge in [0.2, 0.25) is 0 Å². The Bertz CT molecular complexity index is 918. The Kier molecular flexibility index (Phi) is 6.71. The summed E-state index contributed by atoms with van der Waals surface area (Å²) in [6, 6.07) is 34.0. The first-order chi connectivity index (χ1) is 15.8. The topological polar surface area (TPSA) is 12.5 Å². The van der Waals surface area contributed by atoms with E-state index < -0.39 is 0 Å². The molecule has 2 heterocycles. The number of rotatable bonds is 8. The van der Waals surface area contributed by atoms with Crippen LogP contribution >= 0.6 is 0 Å². The van der Waals surface area contributed by atoms with Crippen molar-refractivity contribution in [1.82, 2.24) is 4.90 Å². The van der Waals surface area contributed by atoms with E-state index in [9.17, 15) is 0 Å². The smallest absolute Gasteiger partial charge is 0.108 e. The summed E-state index contributed by atoms with van der Waals surface area (Å²) in [5, 5.41) is 0. The quantitative estimate of drug-likeness (QED) is 0.366. The van der Waals surface area contributed by atoms with E-state index in [4.69, 9.17) is 4.74 Å². The van der Waals surface area contributed by atoms with Crippen LogP contribution in [-0.2, 0) is 4.74 Å². The highest BCUT2D eigenvalue weighted by Gasteiger charge is 2.45. The van der Waals surface area contributed by atoms with Gasteiger partial charge in [-0.25, -0.2) is 0 Å². The highest BCUT2D eigenvalue weighted by Crippen LogP contribution is 2.47. The first kappa shape index (κ1) is 21.4. The van der Waals surface area contributed by atoms with Gasteiger partial charge in [-0.1, -0.05) is 91.0 Å². The molecule has 2 aliphatic heterocycles. The second kappa shape index (κ2) is 10.0. The fraction of sp³-hybridized carbons (Fsp3) is 0.400. The molecule has 2 nitrogen and oxygen atoms in total. The number of fused-ring (bicyclic) bond motifs is 2. The van der Waals surface area contributed by atoms with Crippen LogP contribution < -0.4 is 0 Å².